The molecule has 0 amide bonds. The lowest BCUT2D eigenvalue weighted by Crippen LogP contribution is -2.59. The third-order valence-electron chi connectivity index (χ3n) is 3.47. The largest absolute Gasteiger partial charge is 0.401 e. The van der Waals surface area contributed by atoms with Crippen LogP contribution in [0.3, 0.4) is 0 Å². The molecule has 0 aliphatic carbocycles. The Bertz CT molecular complexity index is 458. The molecule has 0 spiro atoms. The second-order valence-electron chi connectivity index (χ2n) is 5.72. The summed E-state index contributed by atoms with van der Waals surface area (Å²) in [6.45, 7) is 5.23. The van der Waals surface area contributed by atoms with Crippen LogP contribution in [0.5, 0.6) is 0 Å². The van der Waals surface area contributed by atoms with Gasteiger partial charge in [0.25, 0.3) is 0 Å². The van der Waals surface area contributed by atoms with Gasteiger partial charge in [0.2, 0.25) is 0 Å². The number of alkyl halides is 3. The fourth-order valence-corrected chi connectivity index (χ4v) is 3.26. The summed E-state index contributed by atoms with van der Waals surface area (Å²) >= 11 is 1.42. The third-order valence-corrected chi connectivity index (χ3v) is 4.29. The minimum absolute atomic E-state index is 0.303. The number of piperazine rings is 1. The summed E-state index contributed by atoms with van der Waals surface area (Å²) in [6.07, 6.45) is -2.40. The molecule has 0 radical (unpaired) electrons. The predicted molar refractivity (Wildman–Crippen MR) is 73.5 cm³/mol. The van der Waals surface area contributed by atoms with Crippen molar-refractivity contribution in [2.75, 3.05) is 31.9 Å². The van der Waals surface area contributed by atoms with Crippen molar-refractivity contribution < 1.29 is 13.2 Å². The Morgan fingerprint density at radius 2 is 2.10 bits per heavy atom. The van der Waals surface area contributed by atoms with Crippen molar-refractivity contribution in [1.29, 1.82) is 0 Å². The summed E-state index contributed by atoms with van der Waals surface area (Å²) in [5.41, 5.74) is 5.30. The first-order valence-corrected chi connectivity index (χ1v) is 7.22. The summed E-state index contributed by atoms with van der Waals surface area (Å²) in [4.78, 5) is 8.70. The monoisotopic (exact) mass is 308 g/mol. The standard InChI is InChI=1S/C12H19F3N4S/c1-11(2)7-18(8-12(13,14)15)3-4-19(11)6-9-5-17-10(16)20-9/h5H,3-4,6-8H2,1-2H3,(H2,16,17). The normalized spacial score (nSPS) is 21.2. The maximum absolute atomic E-state index is 12.5. The second kappa shape index (κ2) is 5.50. The molecular weight excluding hydrogens is 289 g/mol. The van der Waals surface area contributed by atoms with E-state index in [0.29, 0.717) is 31.3 Å². The molecule has 1 aliphatic heterocycles. The highest BCUT2D eigenvalue weighted by molar-refractivity contribution is 7.15. The lowest BCUT2D eigenvalue weighted by atomic mass is 9.98. The van der Waals surface area contributed by atoms with Gasteiger partial charge in [0.15, 0.2) is 5.13 Å². The van der Waals surface area contributed by atoms with Gasteiger partial charge in [0.05, 0.1) is 6.54 Å². The molecule has 114 valence electrons. The van der Waals surface area contributed by atoms with Crippen LogP contribution in [0.4, 0.5) is 18.3 Å². The number of hydrogen-bond donors (Lipinski definition) is 1. The highest BCUT2D eigenvalue weighted by Gasteiger charge is 2.38. The topological polar surface area (TPSA) is 45.4 Å². The number of hydrogen-bond acceptors (Lipinski definition) is 5. The van der Waals surface area contributed by atoms with E-state index in [4.69, 9.17) is 5.73 Å². The molecule has 4 nitrogen and oxygen atoms in total. The number of thiazole rings is 1. The van der Waals surface area contributed by atoms with Crippen LogP contribution in [0.25, 0.3) is 0 Å². The Kier molecular flexibility index (Phi) is 4.27. The number of rotatable bonds is 3. The van der Waals surface area contributed by atoms with Crippen LogP contribution in [0.2, 0.25) is 0 Å². The quantitative estimate of drug-likeness (QED) is 0.930. The number of nitrogens with two attached hydrogens (primary N) is 1. The first-order valence-electron chi connectivity index (χ1n) is 6.40. The highest BCUT2D eigenvalue weighted by atomic mass is 32.1. The summed E-state index contributed by atoms with van der Waals surface area (Å²) in [6, 6.07) is 0. The highest BCUT2D eigenvalue weighted by Crippen LogP contribution is 2.27. The van der Waals surface area contributed by atoms with Gasteiger partial charge in [-0.2, -0.15) is 13.2 Å². The van der Waals surface area contributed by atoms with E-state index in [1.54, 1.807) is 6.20 Å². The van der Waals surface area contributed by atoms with E-state index >= 15 is 0 Å². The molecular formula is C12H19F3N4S. The van der Waals surface area contributed by atoms with Crippen LogP contribution in [-0.2, 0) is 6.54 Å². The van der Waals surface area contributed by atoms with Crippen molar-refractivity contribution in [3.63, 3.8) is 0 Å². The summed E-state index contributed by atoms with van der Waals surface area (Å²) in [5, 5.41) is 0.522. The molecule has 0 saturated carbocycles. The van der Waals surface area contributed by atoms with Gasteiger partial charge in [-0.25, -0.2) is 4.98 Å². The van der Waals surface area contributed by atoms with Crippen molar-refractivity contribution in [2.24, 2.45) is 0 Å². The van der Waals surface area contributed by atoms with E-state index in [-0.39, 0.29) is 5.54 Å². The van der Waals surface area contributed by atoms with Gasteiger partial charge in [0, 0.05) is 42.8 Å². The van der Waals surface area contributed by atoms with E-state index in [2.05, 4.69) is 9.88 Å². The molecule has 1 aliphatic rings. The van der Waals surface area contributed by atoms with Crippen LogP contribution >= 0.6 is 11.3 Å². The Morgan fingerprint density at radius 1 is 1.40 bits per heavy atom. The van der Waals surface area contributed by atoms with Gasteiger partial charge >= 0.3 is 6.18 Å². The lowest BCUT2D eigenvalue weighted by Gasteiger charge is -2.47. The van der Waals surface area contributed by atoms with Crippen LogP contribution in [-0.4, -0.2) is 52.7 Å². The number of halogens is 3. The average molecular weight is 308 g/mol. The fraction of sp³-hybridized carbons (Fsp3) is 0.750. The number of nitrogens with zero attached hydrogens (tertiary/aromatic N) is 3. The smallest absolute Gasteiger partial charge is 0.375 e. The lowest BCUT2D eigenvalue weighted by molar-refractivity contribution is -0.155. The second-order valence-corrected chi connectivity index (χ2v) is 6.87. The Hall–Kier alpha value is -0.860. The van der Waals surface area contributed by atoms with Crippen LogP contribution in [0, 0.1) is 0 Å². The minimum Gasteiger partial charge on any atom is -0.375 e. The molecule has 2 heterocycles. The Balaban J connectivity index is 1.97. The number of aromatic nitrogens is 1. The molecule has 0 unspecified atom stereocenters. The number of nitrogen functional groups attached to an aromatic ring is 1. The summed E-state index contributed by atoms with van der Waals surface area (Å²) < 4.78 is 37.4. The van der Waals surface area contributed by atoms with Gasteiger partial charge < -0.3 is 5.73 Å². The van der Waals surface area contributed by atoms with E-state index in [1.165, 1.54) is 16.2 Å². The molecule has 8 heteroatoms. The maximum Gasteiger partial charge on any atom is 0.401 e. The van der Waals surface area contributed by atoms with Gasteiger partial charge in [-0.3, -0.25) is 9.80 Å². The third kappa shape index (κ3) is 4.07. The Morgan fingerprint density at radius 3 is 2.60 bits per heavy atom. The van der Waals surface area contributed by atoms with Gasteiger partial charge in [-0.15, -0.1) is 11.3 Å². The zero-order chi connectivity index (χ0) is 15.0. The summed E-state index contributed by atoms with van der Waals surface area (Å²) in [7, 11) is 0. The van der Waals surface area contributed by atoms with Crippen molar-refractivity contribution in [2.45, 2.75) is 32.1 Å². The molecule has 20 heavy (non-hydrogen) atoms. The SMILES string of the molecule is CC1(C)CN(CC(F)(F)F)CCN1Cc1cnc(N)s1. The van der Waals surface area contributed by atoms with Crippen LogP contribution in [0.1, 0.15) is 18.7 Å². The minimum atomic E-state index is -4.13. The maximum atomic E-state index is 12.5. The molecule has 0 atom stereocenters. The molecule has 2 N–H and O–H groups in total. The predicted octanol–water partition coefficient (Wildman–Crippen LogP) is 2.18. The zero-order valence-corrected chi connectivity index (χ0v) is 12.4. The van der Waals surface area contributed by atoms with Gasteiger partial charge in [-0.05, 0) is 13.8 Å². The van der Waals surface area contributed by atoms with Crippen LogP contribution < -0.4 is 5.73 Å². The first-order chi connectivity index (χ1) is 9.16. The van der Waals surface area contributed by atoms with E-state index < -0.39 is 12.7 Å². The zero-order valence-electron chi connectivity index (χ0n) is 11.6. The van der Waals surface area contributed by atoms with Gasteiger partial charge in [-0.1, -0.05) is 0 Å². The van der Waals surface area contributed by atoms with Crippen molar-refractivity contribution >= 4 is 16.5 Å². The molecule has 0 bridgehead atoms. The van der Waals surface area contributed by atoms with E-state index in [1.807, 2.05) is 13.8 Å². The molecule has 0 aromatic carbocycles. The van der Waals surface area contributed by atoms with Crippen molar-refractivity contribution in [3.05, 3.63) is 11.1 Å². The Labute approximate surface area is 120 Å². The van der Waals surface area contributed by atoms with Gasteiger partial charge in [0.1, 0.15) is 0 Å². The number of anilines is 1. The van der Waals surface area contributed by atoms with E-state index in [0.717, 1.165) is 4.88 Å². The molecule has 2 rings (SSSR count). The van der Waals surface area contributed by atoms with Crippen molar-refractivity contribution in [1.82, 2.24) is 14.8 Å². The summed E-state index contributed by atoms with van der Waals surface area (Å²) in [5.74, 6) is 0. The molecule has 1 fully saturated rings. The molecule has 1 saturated heterocycles. The van der Waals surface area contributed by atoms with Crippen molar-refractivity contribution in [3.8, 4) is 0 Å². The molecule has 1 aromatic heterocycles. The first kappa shape index (κ1) is 15.5. The average Bonchev–Trinajstić information content (AvgIpc) is 2.65. The fourth-order valence-electron chi connectivity index (χ4n) is 2.56. The van der Waals surface area contributed by atoms with Crippen LogP contribution in [0.15, 0.2) is 6.20 Å². The van der Waals surface area contributed by atoms with E-state index in [9.17, 15) is 13.2 Å². The molecule has 1 aromatic rings.